The fourth-order valence-corrected chi connectivity index (χ4v) is 2.75. The van der Waals surface area contributed by atoms with Gasteiger partial charge < -0.3 is 19.2 Å². The quantitative estimate of drug-likeness (QED) is 0.829. The highest BCUT2D eigenvalue weighted by Crippen LogP contribution is 2.32. The van der Waals surface area contributed by atoms with E-state index in [0.29, 0.717) is 36.5 Å². The first-order valence-corrected chi connectivity index (χ1v) is 8.68. The fourth-order valence-electron chi connectivity index (χ4n) is 2.75. The molecule has 0 radical (unpaired) electrons. The summed E-state index contributed by atoms with van der Waals surface area (Å²) in [6, 6.07) is 3.68. The standard InChI is InChI=1S/C18H21N3O4/c22-18(15-11-24-17(21-15)7-12-1-2-12)20-9-13-3-5-19-16(8-13)25-14-4-6-23-10-14/h3,5,8,11-12,14H,1-2,4,6-7,9-10H2,(H,20,22). The van der Waals surface area contributed by atoms with E-state index in [-0.39, 0.29) is 12.0 Å². The summed E-state index contributed by atoms with van der Waals surface area (Å²) in [4.78, 5) is 20.7. The van der Waals surface area contributed by atoms with E-state index in [0.717, 1.165) is 25.0 Å². The number of amides is 1. The highest BCUT2D eigenvalue weighted by Gasteiger charge is 2.24. The lowest BCUT2D eigenvalue weighted by Gasteiger charge is -2.11. The SMILES string of the molecule is O=C(NCc1ccnc(OC2CCOC2)c1)c1coc(CC2CC2)n1. The van der Waals surface area contributed by atoms with Gasteiger partial charge in [0, 0.05) is 31.6 Å². The Labute approximate surface area is 145 Å². The van der Waals surface area contributed by atoms with Gasteiger partial charge in [-0.3, -0.25) is 4.79 Å². The molecule has 1 amide bonds. The van der Waals surface area contributed by atoms with E-state index in [4.69, 9.17) is 13.9 Å². The van der Waals surface area contributed by atoms with Crippen molar-refractivity contribution in [3.8, 4) is 5.88 Å². The second-order valence-corrected chi connectivity index (χ2v) is 6.56. The van der Waals surface area contributed by atoms with E-state index < -0.39 is 0 Å². The second-order valence-electron chi connectivity index (χ2n) is 6.56. The fraction of sp³-hybridized carbons (Fsp3) is 0.500. The van der Waals surface area contributed by atoms with Gasteiger partial charge in [-0.2, -0.15) is 0 Å². The average Bonchev–Trinajstić information content (AvgIpc) is 3.08. The van der Waals surface area contributed by atoms with Crippen molar-refractivity contribution >= 4 is 5.91 Å². The van der Waals surface area contributed by atoms with Crippen LogP contribution < -0.4 is 10.1 Å². The number of hydrogen-bond acceptors (Lipinski definition) is 6. The zero-order valence-electron chi connectivity index (χ0n) is 13.9. The number of pyridine rings is 1. The Balaban J connectivity index is 1.30. The van der Waals surface area contributed by atoms with Gasteiger partial charge in [-0.25, -0.2) is 9.97 Å². The molecule has 1 atom stereocenters. The van der Waals surface area contributed by atoms with Crippen LogP contribution in [0.25, 0.3) is 0 Å². The van der Waals surface area contributed by atoms with Crippen molar-refractivity contribution in [3.63, 3.8) is 0 Å². The molecule has 1 saturated carbocycles. The Kier molecular flexibility index (Phi) is 4.65. The van der Waals surface area contributed by atoms with Gasteiger partial charge in [-0.1, -0.05) is 0 Å². The van der Waals surface area contributed by atoms with Gasteiger partial charge in [0.15, 0.2) is 11.6 Å². The summed E-state index contributed by atoms with van der Waals surface area (Å²) < 4.78 is 16.4. The van der Waals surface area contributed by atoms with Crippen molar-refractivity contribution in [1.82, 2.24) is 15.3 Å². The van der Waals surface area contributed by atoms with Gasteiger partial charge in [0.1, 0.15) is 12.4 Å². The van der Waals surface area contributed by atoms with Crippen molar-refractivity contribution < 1.29 is 18.7 Å². The number of carbonyl (C=O) groups excluding carboxylic acids is 1. The maximum absolute atomic E-state index is 12.2. The zero-order valence-corrected chi connectivity index (χ0v) is 13.9. The predicted molar refractivity (Wildman–Crippen MR) is 88.2 cm³/mol. The molecule has 2 aromatic heterocycles. The lowest BCUT2D eigenvalue weighted by Crippen LogP contribution is -2.23. The molecule has 25 heavy (non-hydrogen) atoms. The summed E-state index contributed by atoms with van der Waals surface area (Å²) in [6.45, 7) is 1.70. The number of ether oxygens (including phenoxy) is 2. The summed E-state index contributed by atoms with van der Waals surface area (Å²) in [5, 5.41) is 2.85. The molecule has 132 valence electrons. The summed E-state index contributed by atoms with van der Waals surface area (Å²) >= 11 is 0. The number of oxazole rings is 1. The van der Waals surface area contributed by atoms with Crippen LogP contribution in [0.15, 0.2) is 29.0 Å². The molecule has 0 spiro atoms. The molecular formula is C18H21N3O4. The van der Waals surface area contributed by atoms with Crippen LogP contribution in [-0.2, 0) is 17.7 Å². The Morgan fingerprint density at radius 3 is 3.08 bits per heavy atom. The minimum atomic E-state index is -0.241. The highest BCUT2D eigenvalue weighted by atomic mass is 16.5. The third kappa shape index (κ3) is 4.36. The van der Waals surface area contributed by atoms with Gasteiger partial charge in [0.2, 0.25) is 5.88 Å². The number of carbonyl (C=O) groups is 1. The first kappa shape index (κ1) is 16.1. The number of aromatic nitrogens is 2. The van der Waals surface area contributed by atoms with Crippen LogP contribution >= 0.6 is 0 Å². The van der Waals surface area contributed by atoms with Crippen LogP contribution in [0.2, 0.25) is 0 Å². The maximum atomic E-state index is 12.2. The monoisotopic (exact) mass is 343 g/mol. The molecule has 1 N–H and O–H groups in total. The molecule has 1 unspecified atom stereocenters. The Hall–Kier alpha value is -2.41. The minimum Gasteiger partial charge on any atom is -0.472 e. The largest absolute Gasteiger partial charge is 0.472 e. The van der Waals surface area contributed by atoms with Gasteiger partial charge in [-0.05, 0) is 30.4 Å². The normalized spacial score (nSPS) is 19.8. The van der Waals surface area contributed by atoms with Crippen LogP contribution in [0, 0.1) is 5.92 Å². The highest BCUT2D eigenvalue weighted by molar-refractivity contribution is 5.91. The Bertz CT molecular complexity index is 735. The molecule has 3 heterocycles. The second kappa shape index (κ2) is 7.23. The van der Waals surface area contributed by atoms with Crippen molar-refractivity contribution in [2.24, 2.45) is 5.92 Å². The molecule has 1 aliphatic carbocycles. The number of nitrogens with zero attached hydrogens (tertiary/aromatic N) is 2. The van der Waals surface area contributed by atoms with Crippen LogP contribution in [0.3, 0.4) is 0 Å². The van der Waals surface area contributed by atoms with Crippen molar-refractivity contribution in [2.45, 2.75) is 38.3 Å². The summed E-state index contributed by atoms with van der Waals surface area (Å²) in [7, 11) is 0. The van der Waals surface area contributed by atoms with E-state index in [1.807, 2.05) is 12.1 Å². The smallest absolute Gasteiger partial charge is 0.273 e. The summed E-state index contributed by atoms with van der Waals surface area (Å²) in [5.41, 5.74) is 1.24. The molecular weight excluding hydrogens is 322 g/mol. The van der Waals surface area contributed by atoms with E-state index >= 15 is 0 Å². The van der Waals surface area contributed by atoms with Gasteiger partial charge in [0.25, 0.3) is 5.91 Å². The lowest BCUT2D eigenvalue weighted by molar-refractivity contribution is 0.0945. The predicted octanol–water partition coefficient (Wildman–Crippen LogP) is 2.12. The molecule has 1 saturated heterocycles. The number of nitrogens with one attached hydrogen (secondary N) is 1. The molecule has 2 fully saturated rings. The Morgan fingerprint density at radius 1 is 1.36 bits per heavy atom. The minimum absolute atomic E-state index is 0.0531. The first-order valence-electron chi connectivity index (χ1n) is 8.68. The molecule has 0 aromatic carbocycles. The van der Waals surface area contributed by atoms with E-state index in [1.54, 1.807) is 6.20 Å². The van der Waals surface area contributed by atoms with Crippen molar-refractivity contribution in [1.29, 1.82) is 0 Å². The number of rotatable bonds is 7. The average molecular weight is 343 g/mol. The number of hydrogen-bond donors (Lipinski definition) is 1. The molecule has 2 aliphatic rings. The molecule has 7 nitrogen and oxygen atoms in total. The topological polar surface area (TPSA) is 86.5 Å². The summed E-state index contributed by atoms with van der Waals surface area (Å²) in [5.74, 6) is 1.63. The molecule has 1 aliphatic heterocycles. The van der Waals surface area contributed by atoms with Crippen molar-refractivity contribution in [3.05, 3.63) is 41.7 Å². The maximum Gasteiger partial charge on any atom is 0.273 e. The van der Waals surface area contributed by atoms with E-state index in [2.05, 4.69) is 15.3 Å². The van der Waals surface area contributed by atoms with Crippen LogP contribution in [0.5, 0.6) is 5.88 Å². The van der Waals surface area contributed by atoms with Crippen LogP contribution in [0.4, 0.5) is 0 Å². The summed E-state index contributed by atoms with van der Waals surface area (Å²) in [6.07, 6.45) is 7.30. The Morgan fingerprint density at radius 2 is 2.28 bits per heavy atom. The zero-order chi connectivity index (χ0) is 17.1. The third-order valence-electron chi connectivity index (χ3n) is 4.37. The van der Waals surface area contributed by atoms with Crippen LogP contribution in [-0.4, -0.2) is 35.2 Å². The van der Waals surface area contributed by atoms with E-state index in [9.17, 15) is 4.79 Å². The third-order valence-corrected chi connectivity index (χ3v) is 4.37. The van der Waals surface area contributed by atoms with Crippen LogP contribution in [0.1, 0.15) is 41.2 Å². The lowest BCUT2D eigenvalue weighted by atomic mass is 10.2. The van der Waals surface area contributed by atoms with Gasteiger partial charge in [-0.15, -0.1) is 0 Å². The van der Waals surface area contributed by atoms with Gasteiger partial charge >= 0.3 is 0 Å². The molecule has 4 rings (SSSR count). The molecule has 0 bridgehead atoms. The van der Waals surface area contributed by atoms with E-state index in [1.165, 1.54) is 19.1 Å². The molecule has 2 aromatic rings. The first-order chi connectivity index (χ1) is 12.3. The molecule has 7 heteroatoms. The van der Waals surface area contributed by atoms with Gasteiger partial charge in [0.05, 0.1) is 13.2 Å². The van der Waals surface area contributed by atoms with Crippen molar-refractivity contribution in [2.75, 3.05) is 13.2 Å².